The molecule has 2 aromatic rings. The quantitative estimate of drug-likeness (QED) is 0.100. The number of rotatable bonds is 18. The molecule has 0 radical (unpaired) electrons. The first-order valence-corrected chi connectivity index (χ1v) is 15.2. The summed E-state index contributed by atoms with van der Waals surface area (Å²) < 4.78 is 0. The maximum Gasteiger partial charge on any atom is 2.00 e. The van der Waals surface area contributed by atoms with Crippen LogP contribution in [0.4, 0.5) is 0 Å². The number of hydrogen-bond acceptors (Lipinski definition) is 0. The third kappa shape index (κ3) is 49.0. The van der Waals surface area contributed by atoms with E-state index in [0.717, 1.165) is 12.8 Å². The first-order chi connectivity index (χ1) is 17.8. The Balaban J connectivity index is -0.000000208. The van der Waals surface area contributed by atoms with Crippen molar-refractivity contribution in [2.75, 3.05) is 0 Å². The number of unbranched alkanes of at least 4 members (excludes halogenated alkanes) is 18. The minimum atomic E-state index is 0. The van der Waals surface area contributed by atoms with Crippen LogP contribution >= 0.6 is 0 Å². The molecule has 0 bridgehead atoms. The number of benzene rings is 2. The van der Waals surface area contributed by atoms with Crippen molar-refractivity contribution in [2.45, 2.75) is 142 Å². The van der Waals surface area contributed by atoms with Crippen molar-refractivity contribution >= 4 is 46.1 Å². The van der Waals surface area contributed by atoms with E-state index in [1.54, 1.807) is 0 Å². The summed E-state index contributed by atoms with van der Waals surface area (Å²) >= 11 is 0. The van der Waals surface area contributed by atoms with Crippen molar-refractivity contribution in [1.29, 1.82) is 0 Å². The standard InChI is InChI=1S/2C12H25.2C6H5.2Mg/c2*1-3-5-7-9-11-12-10-8-6-4-2;2*1-2-4-6-5-3-1;;/h2*1,3-12H2,2H3;2*1-5H;;/q4*-1;2*+2. The van der Waals surface area contributed by atoms with E-state index < -0.39 is 0 Å². The minimum Gasteiger partial charge on any atom is -0.343 e. The van der Waals surface area contributed by atoms with Gasteiger partial charge in [0.25, 0.3) is 0 Å². The average molecular weight is 541 g/mol. The van der Waals surface area contributed by atoms with Crippen LogP contribution < -0.4 is 0 Å². The second-order valence-electron chi connectivity index (χ2n) is 9.52. The van der Waals surface area contributed by atoms with Gasteiger partial charge < -0.3 is 13.8 Å². The predicted molar refractivity (Wildman–Crippen MR) is 176 cm³/mol. The van der Waals surface area contributed by atoms with E-state index in [1.807, 2.05) is 60.7 Å². The molecule has 0 spiro atoms. The molecule has 2 rings (SSSR count). The van der Waals surface area contributed by atoms with E-state index in [1.165, 1.54) is 116 Å². The van der Waals surface area contributed by atoms with Gasteiger partial charge >= 0.3 is 46.1 Å². The molecule has 0 aliphatic carbocycles. The second-order valence-corrected chi connectivity index (χ2v) is 9.52. The maximum atomic E-state index is 3.84. The van der Waals surface area contributed by atoms with E-state index in [9.17, 15) is 0 Å². The predicted octanol–water partition coefficient (Wildman–Crippen LogP) is 11.7. The molecule has 0 unspecified atom stereocenters. The molecule has 208 valence electrons. The topological polar surface area (TPSA) is 0 Å². The summed E-state index contributed by atoms with van der Waals surface area (Å²) in [5, 5.41) is 0. The largest absolute Gasteiger partial charge is 2.00 e. The van der Waals surface area contributed by atoms with Crippen molar-refractivity contribution in [3.05, 3.63) is 86.6 Å². The zero-order valence-electron chi connectivity index (χ0n) is 25.7. The van der Waals surface area contributed by atoms with E-state index in [4.69, 9.17) is 0 Å². The van der Waals surface area contributed by atoms with Crippen LogP contribution in [0.15, 0.2) is 60.7 Å². The summed E-state index contributed by atoms with van der Waals surface area (Å²) in [4.78, 5) is 0. The Morgan fingerprint density at radius 1 is 0.368 bits per heavy atom. The molecule has 0 saturated carbocycles. The maximum absolute atomic E-state index is 3.84. The van der Waals surface area contributed by atoms with Crippen LogP contribution in [0.3, 0.4) is 0 Å². The molecule has 0 aliphatic rings. The Kier molecular flexibility index (Phi) is 55.4. The molecule has 0 fully saturated rings. The van der Waals surface area contributed by atoms with E-state index in [2.05, 4.69) is 39.8 Å². The van der Waals surface area contributed by atoms with Gasteiger partial charge in [-0.15, -0.1) is 0 Å². The van der Waals surface area contributed by atoms with Gasteiger partial charge in [-0.25, -0.2) is 0 Å². The third-order valence-electron chi connectivity index (χ3n) is 5.92. The molecule has 2 aromatic carbocycles. The van der Waals surface area contributed by atoms with Crippen LogP contribution in [0.5, 0.6) is 0 Å². The summed E-state index contributed by atoms with van der Waals surface area (Å²) in [5.74, 6) is 0. The van der Waals surface area contributed by atoms with Gasteiger partial charge in [-0.2, -0.15) is 85.6 Å². The Bertz CT molecular complexity index is 419. The third-order valence-corrected chi connectivity index (χ3v) is 5.92. The molecule has 0 nitrogen and oxygen atoms in total. The van der Waals surface area contributed by atoms with Crippen molar-refractivity contribution in [3.63, 3.8) is 0 Å². The Morgan fingerprint density at radius 3 is 0.763 bits per heavy atom. The van der Waals surface area contributed by atoms with Crippen LogP contribution in [-0.4, -0.2) is 46.1 Å². The summed E-state index contributed by atoms with van der Waals surface area (Å²) in [5.41, 5.74) is 0. The van der Waals surface area contributed by atoms with Gasteiger partial charge in [0.1, 0.15) is 0 Å². The van der Waals surface area contributed by atoms with Crippen molar-refractivity contribution in [3.8, 4) is 0 Å². The van der Waals surface area contributed by atoms with E-state index in [-0.39, 0.29) is 46.1 Å². The first-order valence-electron chi connectivity index (χ1n) is 15.2. The van der Waals surface area contributed by atoms with Gasteiger partial charge in [-0.3, -0.25) is 0 Å². The minimum absolute atomic E-state index is 0. The summed E-state index contributed by atoms with van der Waals surface area (Å²) in [7, 11) is 0. The van der Waals surface area contributed by atoms with Crippen LogP contribution in [-0.2, 0) is 0 Å². The van der Waals surface area contributed by atoms with Gasteiger partial charge in [0.2, 0.25) is 0 Å². The molecular weight excluding hydrogens is 481 g/mol. The van der Waals surface area contributed by atoms with Gasteiger partial charge in [0.15, 0.2) is 0 Å². The summed E-state index contributed by atoms with van der Waals surface area (Å²) in [6.45, 7) is 12.2. The summed E-state index contributed by atoms with van der Waals surface area (Å²) in [6, 6.07) is 25.0. The molecule has 0 saturated heterocycles. The molecule has 0 amide bonds. The van der Waals surface area contributed by atoms with Crippen LogP contribution in [0.1, 0.15) is 142 Å². The van der Waals surface area contributed by atoms with Crippen molar-refractivity contribution in [1.82, 2.24) is 0 Å². The SMILES string of the molecule is [CH2-]CCCCCCCCCCC.[CH2-]CCCCCCCCCCC.[Mg+2].[Mg+2].[c-]1ccccc1.[c-]1ccccc1. The average Bonchev–Trinajstić information content (AvgIpc) is 2.95. The Morgan fingerprint density at radius 2 is 0.605 bits per heavy atom. The molecule has 2 heteroatoms. The molecular formula is C36H60Mg2. The first kappa shape index (κ1) is 45.0. The zero-order valence-corrected chi connectivity index (χ0v) is 28.6. The van der Waals surface area contributed by atoms with Crippen LogP contribution in [0, 0.1) is 26.0 Å². The molecule has 0 atom stereocenters. The van der Waals surface area contributed by atoms with E-state index in [0.29, 0.717) is 0 Å². The second kappa shape index (κ2) is 46.8. The molecule has 38 heavy (non-hydrogen) atoms. The molecule has 0 N–H and O–H groups in total. The van der Waals surface area contributed by atoms with Crippen LogP contribution in [0.2, 0.25) is 0 Å². The molecule has 0 aromatic heterocycles. The Labute approximate surface area is 273 Å². The van der Waals surface area contributed by atoms with Gasteiger partial charge in [0, 0.05) is 0 Å². The fraction of sp³-hybridized carbons (Fsp3) is 0.611. The molecule has 0 heterocycles. The van der Waals surface area contributed by atoms with Gasteiger partial charge in [-0.1, -0.05) is 129 Å². The van der Waals surface area contributed by atoms with Gasteiger partial charge in [-0.05, 0) is 0 Å². The van der Waals surface area contributed by atoms with E-state index >= 15 is 0 Å². The fourth-order valence-corrected chi connectivity index (χ4v) is 3.66. The summed E-state index contributed by atoms with van der Waals surface area (Å²) in [6.07, 6.45) is 27.8. The Hall–Kier alpha value is -0.0275. The normalized spacial score (nSPS) is 9.16. The van der Waals surface area contributed by atoms with Crippen molar-refractivity contribution in [2.24, 2.45) is 0 Å². The monoisotopic (exact) mass is 540 g/mol. The van der Waals surface area contributed by atoms with Crippen molar-refractivity contribution < 1.29 is 0 Å². The van der Waals surface area contributed by atoms with Gasteiger partial charge in [0.05, 0.1) is 0 Å². The fourth-order valence-electron chi connectivity index (χ4n) is 3.66. The number of hydrogen-bond donors (Lipinski definition) is 0. The zero-order chi connectivity index (χ0) is 26.6. The van der Waals surface area contributed by atoms with Crippen LogP contribution in [0.25, 0.3) is 0 Å². The smallest absolute Gasteiger partial charge is 0.343 e. The molecule has 0 aliphatic heterocycles.